The third-order valence-electron chi connectivity index (χ3n) is 4.68. The number of amides is 2. The number of rotatable bonds is 3. The third kappa shape index (κ3) is 3.36. The van der Waals surface area contributed by atoms with Gasteiger partial charge in [0.15, 0.2) is 0 Å². The number of aromatic nitrogens is 2. The maximum absolute atomic E-state index is 13.7. The van der Waals surface area contributed by atoms with Crippen molar-refractivity contribution in [1.82, 2.24) is 14.9 Å². The molecule has 0 aliphatic carbocycles. The molecule has 1 aliphatic rings. The van der Waals surface area contributed by atoms with Crippen LogP contribution in [0.1, 0.15) is 23.5 Å². The molecule has 6 nitrogen and oxygen atoms in total. The molecule has 0 bridgehead atoms. The van der Waals surface area contributed by atoms with Crippen LogP contribution in [0, 0.1) is 5.82 Å². The number of fused-ring (bicyclic) bond motifs is 2. The van der Waals surface area contributed by atoms with Crippen molar-refractivity contribution in [3.05, 3.63) is 65.7 Å². The summed E-state index contributed by atoms with van der Waals surface area (Å²) < 4.78 is 13.7. The molecule has 0 fully saturated rings. The van der Waals surface area contributed by atoms with Crippen molar-refractivity contribution in [3.63, 3.8) is 0 Å². The lowest BCUT2D eigenvalue weighted by Gasteiger charge is -2.28. The molecule has 1 aliphatic heterocycles. The molecule has 136 valence electrons. The summed E-state index contributed by atoms with van der Waals surface area (Å²) in [5.74, 6) is -1.61. The molecule has 2 aromatic carbocycles. The van der Waals surface area contributed by atoms with Gasteiger partial charge in [0.2, 0.25) is 11.8 Å². The van der Waals surface area contributed by atoms with Gasteiger partial charge in [-0.1, -0.05) is 6.07 Å². The Balaban J connectivity index is 1.58. The zero-order valence-corrected chi connectivity index (χ0v) is 14.6. The van der Waals surface area contributed by atoms with Gasteiger partial charge in [-0.05, 0) is 41.5 Å². The van der Waals surface area contributed by atoms with Crippen LogP contribution in [0.25, 0.3) is 11.0 Å². The van der Waals surface area contributed by atoms with Gasteiger partial charge in [0.25, 0.3) is 0 Å². The Morgan fingerprint density at radius 3 is 2.78 bits per heavy atom. The summed E-state index contributed by atoms with van der Waals surface area (Å²) >= 11 is 0. The van der Waals surface area contributed by atoms with E-state index < -0.39 is 11.7 Å². The summed E-state index contributed by atoms with van der Waals surface area (Å²) in [6.07, 6.45) is 3.25. The first-order valence-electron chi connectivity index (χ1n) is 8.55. The summed E-state index contributed by atoms with van der Waals surface area (Å²) in [6, 6.07) is 9.70. The minimum absolute atomic E-state index is 0.00280. The fourth-order valence-corrected chi connectivity index (χ4v) is 3.38. The molecular formula is C20H17FN4O2. The second-order valence-electron chi connectivity index (χ2n) is 6.61. The lowest BCUT2D eigenvalue weighted by atomic mass is 9.89. The topological polar surface area (TPSA) is 75.2 Å². The summed E-state index contributed by atoms with van der Waals surface area (Å²) in [5, 5.41) is 2.69. The molecule has 1 aromatic heterocycles. The second-order valence-corrected chi connectivity index (χ2v) is 6.61. The van der Waals surface area contributed by atoms with Crippen molar-refractivity contribution in [2.24, 2.45) is 0 Å². The highest BCUT2D eigenvalue weighted by molar-refractivity contribution is 6.01. The van der Waals surface area contributed by atoms with Gasteiger partial charge >= 0.3 is 0 Å². The molecule has 0 saturated carbocycles. The van der Waals surface area contributed by atoms with Crippen LogP contribution in [-0.2, 0) is 16.1 Å². The minimum atomic E-state index is -0.699. The molecule has 27 heavy (non-hydrogen) atoms. The van der Waals surface area contributed by atoms with Crippen molar-refractivity contribution in [1.29, 1.82) is 0 Å². The molecular weight excluding hydrogens is 347 g/mol. The Hall–Kier alpha value is -3.35. The number of nitrogens with zero attached hydrogens (tertiary/aromatic N) is 3. The third-order valence-corrected chi connectivity index (χ3v) is 4.68. The maximum Gasteiger partial charge on any atom is 0.230 e. The van der Waals surface area contributed by atoms with Gasteiger partial charge in [0.05, 0.1) is 17.0 Å². The predicted octanol–water partition coefficient (Wildman–Crippen LogP) is 2.85. The molecule has 0 radical (unpaired) electrons. The number of likely N-dealkylation sites (N-methyl/N-ethyl adjacent to an activating group) is 1. The zero-order valence-electron chi connectivity index (χ0n) is 14.6. The van der Waals surface area contributed by atoms with E-state index in [1.54, 1.807) is 24.3 Å². The van der Waals surface area contributed by atoms with Crippen molar-refractivity contribution in [3.8, 4) is 0 Å². The number of nitrogens with one attached hydrogen (secondary N) is 1. The lowest BCUT2D eigenvalue weighted by Crippen LogP contribution is -2.36. The summed E-state index contributed by atoms with van der Waals surface area (Å²) in [7, 11) is 1.68. The van der Waals surface area contributed by atoms with E-state index in [4.69, 9.17) is 0 Å². The molecule has 0 spiro atoms. The number of anilines is 1. The Bertz CT molecular complexity index is 1050. The molecule has 1 atom stereocenters. The van der Waals surface area contributed by atoms with E-state index in [1.807, 2.05) is 18.2 Å². The first-order chi connectivity index (χ1) is 13.0. The second kappa shape index (κ2) is 6.75. The predicted molar refractivity (Wildman–Crippen MR) is 98.4 cm³/mol. The van der Waals surface area contributed by atoms with Crippen LogP contribution in [0.15, 0.2) is 48.8 Å². The van der Waals surface area contributed by atoms with Crippen molar-refractivity contribution in [2.75, 3.05) is 12.4 Å². The molecule has 4 rings (SSSR count). The van der Waals surface area contributed by atoms with E-state index in [2.05, 4.69) is 15.3 Å². The zero-order chi connectivity index (χ0) is 19.0. The molecule has 3 aromatic rings. The van der Waals surface area contributed by atoms with Gasteiger partial charge in [-0.2, -0.15) is 0 Å². The van der Waals surface area contributed by atoms with Crippen LogP contribution >= 0.6 is 0 Å². The summed E-state index contributed by atoms with van der Waals surface area (Å²) in [4.78, 5) is 35.0. The van der Waals surface area contributed by atoms with Gasteiger partial charge < -0.3 is 10.2 Å². The van der Waals surface area contributed by atoms with Gasteiger partial charge in [-0.3, -0.25) is 19.6 Å². The summed E-state index contributed by atoms with van der Waals surface area (Å²) in [5.41, 5.74) is 3.43. The average molecular weight is 364 g/mol. The highest BCUT2D eigenvalue weighted by atomic mass is 19.1. The monoisotopic (exact) mass is 364 g/mol. The molecule has 7 heteroatoms. The van der Waals surface area contributed by atoms with Crippen LogP contribution in [0.5, 0.6) is 0 Å². The fourth-order valence-electron chi connectivity index (χ4n) is 3.38. The van der Waals surface area contributed by atoms with Crippen LogP contribution < -0.4 is 5.32 Å². The molecule has 2 amide bonds. The smallest absolute Gasteiger partial charge is 0.230 e. The first kappa shape index (κ1) is 17.1. The van der Waals surface area contributed by atoms with Gasteiger partial charge in [-0.15, -0.1) is 0 Å². The number of hydrogen-bond donors (Lipinski definition) is 1. The fraction of sp³-hybridized carbons (Fsp3) is 0.200. The van der Waals surface area contributed by atoms with Crippen molar-refractivity contribution < 1.29 is 14.0 Å². The number of carbonyl (C=O) groups is 2. The Kier molecular flexibility index (Phi) is 4.27. The quantitative estimate of drug-likeness (QED) is 0.775. The summed E-state index contributed by atoms with van der Waals surface area (Å²) in [6.45, 7) is 0.355. The van der Waals surface area contributed by atoms with Crippen LogP contribution in [0.4, 0.5) is 10.1 Å². The van der Waals surface area contributed by atoms with Crippen molar-refractivity contribution in [2.45, 2.75) is 18.9 Å². The molecule has 1 unspecified atom stereocenters. The largest absolute Gasteiger partial charge is 0.341 e. The van der Waals surface area contributed by atoms with Crippen LogP contribution in [0.3, 0.4) is 0 Å². The number of halogens is 1. The van der Waals surface area contributed by atoms with Gasteiger partial charge in [0, 0.05) is 38.1 Å². The SMILES string of the molecule is CN(Cc1ccc2nccnc2c1)C(=O)C1CC(=O)Nc2ccc(F)cc21. The average Bonchev–Trinajstić information content (AvgIpc) is 2.67. The number of hydrogen-bond acceptors (Lipinski definition) is 4. The number of benzene rings is 2. The van der Waals surface area contributed by atoms with E-state index in [0.717, 1.165) is 16.6 Å². The van der Waals surface area contributed by atoms with Gasteiger partial charge in [0.1, 0.15) is 5.82 Å². The van der Waals surface area contributed by atoms with Crippen LogP contribution in [-0.4, -0.2) is 33.7 Å². The first-order valence-corrected chi connectivity index (χ1v) is 8.55. The Labute approximate surface area is 155 Å². The Morgan fingerprint density at radius 2 is 1.96 bits per heavy atom. The van der Waals surface area contributed by atoms with E-state index >= 15 is 0 Å². The van der Waals surface area contributed by atoms with Crippen LogP contribution in [0.2, 0.25) is 0 Å². The van der Waals surface area contributed by atoms with Crippen molar-refractivity contribution >= 4 is 28.5 Å². The van der Waals surface area contributed by atoms with E-state index in [1.165, 1.54) is 18.2 Å². The highest BCUT2D eigenvalue weighted by Crippen LogP contribution is 2.34. The molecule has 2 heterocycles. The number of carbonyl (C=O) groups excluding carboxylic acids is 2. The van der Waals surface area contributed by atoms with Gasteiger partial charge in [-0.25, -0.2) is 4.39 Å². The standard InChI is InChI=1S/C20H17FN4O2/c1-25(11-12-2-4-17-18(8-12)23-7-6-22-17)20(27)15-10-19(26)24-16-5-3-13(21)9-14(15)16/h2-9,15H,10-11H2,1H3,(H,24,26). The lowest BCUT2D eigenvalue weighted by molar-refractivity contribution is -0.134. The maximum atomic E-state index is 13.7. The normalized spacial score (nSPS) is 15.9. The van der Waals surface area contributed by atoms with E-state index in [9.17, 15) is 14.0 Å². The highest BCUT2D eigenvalue weighted by Gasteiger charge is 2.32. The van der Waals surface area contributed by atoms with E-state index in [-0.39, 0.29) is 18.2 Å². The molecule has 0 saturated heterocycles. The molecule has 1 N–H and O–H groups in total. The minimum Gasteiger partial charge on any atom is -0.341 e. The van der Waals surface area contributed by atoms with E-state index in [0.29, 0.717) is 17.8 Å². The Morgan fingerprint density at radius 1 is 1.19 bits per heavy atom.